The van der Waals surface area contributed by atoms with Gasteiger partial charge in [0.15, 0.2) is 10.8 Å². The van der Waals surface area contributed by atoms with Crippen molar-refractivity contribution in [2.75, 3.05) is 4.72 Å². The van der Waals surface area contributed by atoms with Gasteiger partial charge in [-0.1, -0.05) is 11.6 Å². The Balaban J connectivity index is 2.42. The van der Waals surface area contributed by atoms with E-state index in [2.05, 4.69) is 20.0 Å². The number of H-pyrrole nitrogens is 1. The third-order valence-corrected chi connectivity index (χ3v) is 3.99. The Morgan fingerprint density at radius 1 is 1.47 bits per heavy atom. The molecule has 0 radical (unpaired) electrons. The van der Waals surface area contributed by atoms with Crippen LogP contribution in [-0.2, 0) is 17.1 Å². The number of hydrogen-bond acceptors (Lipinski definition) is 4. The molecule has 17 heavy (non-hydrogen) atoms. The van der Waals surface area contributed by atoms with Crippen LogP contribution in [0.5, 0.6) is 0 Å². The SMILES string of the molecule is Cc1cnn(C)c1S(=O)(=O)Nc1[nH]ncc1Cl. The van der Waals surface area contributed by atoms with Crippen LogP contribution >= 0.6 is 11.6 Å². The van der Waals surface area contributed by atoms with Crippen LogP contribution in [0.1, 0.15) is 5.56 Å². The van der Waals surface area contributed by atoms with Gasteiger partial charge in [-0.3, -0.25) is 14.5 Å². The molecule has 2 aromatic heterocycles. The normalized spacial score (nSPS) is 11.7. The first-order chi connectivity index (χ1) is 7.92. The maximum Gasteiger partial charge on any atom is 0.280 e. The molecule has 0 spiro atoms. The van der Waals surface area contributed by atoms with Gasteiger partial charge in [0.1, 0.15) is 5.02 Å². The maximum absolute atomic E-state index is 12.1. The highest BCUT2D eigenvalue weighted by Crippen LogP contribution is 2.22. The van der Waals surface area contributed by atoms with Crippen LogP contribution in [0.3, 0.4) is 0 Å². The quantitative estimate of drug-likeness (QED) is 0.871. The summed E-state index contributed by atoms with van der Waals surface area (Å²) in [5.74, 6) is 0.132. The molecule has 0 aliphatic carbocycles. The zero-order chi connectivity index (χ0) is 12.6. The number of anilines is 1. The third kappa shape index (κ3) is 2.13. The minimum Gasteiger partial charge on any atom is -0.261 e. The Bertz CT molecular complexity index is 625. The van der Waals surface area contributed by atoms with E-state index in [9.17, 15) is 8.42 Å². The van der Waals surface area contributed by atoms with Crippen molar-refractivity contribution in [1.29, 1.82) is 0 Å². The minimum atomic E-state index is -3.73. The fourth-order valence-corrected chi connectivity index (χ4v) is 3.03. The van der Waals surface area contributed by atoms with Gasteiger partial charge in [-0.05, 0) is 6.92 Å². The topological polar surface area (TPSA) is 92.7 Å². The lowest BCUT2D eigenvalue weighted by molar-refractivity contribution is 0.580. The molecule has 0 aliphatic heterocycles. The highest BCUT2D eigenvalue weighted by atomic mass is 35.5. The van der Waals surface area contributed by atoms with E-state index in [0.717, 1.165) is 0 Å². The van der Waals surface area contributed by atoms with Crippen LogP contribution < -0.4 is 4.72 Å². The minimum absolute atomic E-state index is 0.0863. The molecule has 0 aliphatic rings. The van der Waals surface area contributed by atoms with Gasteiger partial charge >= 0.3 is 0 Å². The molecule has 2 N–H and O–H groups in total. The van der Waals surface area contributed by atoms with Crippen molar-refractivity contribution in [1.82, 2.24) is 20.0 Å². The summed E-state index contributed by atoms with van der Waals surface area (Å²) in [5, 5.41) is 10.2. The number of nitrogens with zero attached hydrogens (tertiary/aromatic N) is 3. The molecule has 0 saturated carbocycles. The van der Waals surface area contributed by atoms with E-state index < -0.39 is 10.0 Å². The largest absolute Gasteiger partial charge is 0.280 e. The molecule has 0 amide bonds. The molecule has 0 bridgehead atoms. The fourth-order valence-electron chi connectivity index (χ4n) is 1.45. The highest BCUT2D eigenvalue weighted by Gasteiger charge is 2.22. The summed E-state index contributed by atoms with van der Waals surface area (Å²) in [6, 6.07) is 0. The Morgan fingerprint density at radius 2 is 2.18 bits per heavy atom. The van der Waals surface area contributed by atoms with Crippen LogP contribution in [0.15, 0.2) is 17.4 Å². The lowest BCUT2D eigenvalue weighted by Crippen LogP contribution is -2.18. The number of aryl methyl sites for hydroxylation is 2. The van der Waals surface area contributed by atoms with Gasteiger partial charge in [0.05, 0.1) is 12.4 Å². The summed E-state index contributed by atoms with van der Waals surface area (Å²) in [5.41, 5.74) is 0.552. The van der Waals surface area contributed by atoms with E-state index in [1.165, 1.54) is 17.1 Å². The molecule has 7 nitrogen and oxygen atoms in total. The van der Waals surface area contributed by atoms with Gasteiger partial charge in [-0.15, -0.1) is 0 Å². The molecule has 0 unspecified atom stereocenters. The number of rotatable bonds is 3. The number of sulfonamides is 1. The molecule has 0 atom stereocenters. The molecular weight excluding hydrogens is 266 g/mol. The molecule has 0 aromatic carbocycles. The fraction of sp³-hybridized carbons (Fsp3) is 0.250. The number of hydrogen-bond donors (Lipinski definition) is 2. The van der Waals surface area contributed by atoms with Gasteiger partial charge in [0.2, 0.25) is 0 Å². The average molecular weight is 276 g/mol. The first kappa shape index (κ1) is 11.9. The van der Waals surface area contributed by atoms with Crippen molar-refractivity contribution in [2.45, 2.75) is 11.9 Å². The Hall–Kier alpha value is -1.54. The first-order valence-electron chi connectivity index (χ1n) is 4.62. The van der Waals surface area contributed by atoms with Gasteiger partial charge in [0, 0.05) is 12.6 Å². The monoisotopic (exact) mass is 275 g/mol. The molecule has 2 aromatic rings. The predicted octanol–water partition coefficient (Wildman–Crippen LogP) is 0.906. The Morgan fingerprint density at radius 3 is 2.65 bits per heavy atom. The van der Waals surface area contributed by atoms with Crippen LogP contribution in [0, 0.1) is 6.92 Å². The number of halogens is 1. The van der Waals surface area contributed by atoms with E-state index in [-0.39, 0.29) is 15.9 Å². The zero-order valence-electron chi connectivity index (χ0n) is 9.10. The van der Waals surface area contributed by atoms with Gasteiger partial charge in [-0.25, -0.2) is 0 Å². The number of aromatic amines is 1. The summed E-state index contributed by atoms with van der Waals surface area (Å²) in [4.78, 5) is 0. The van der Waals surface area contributed by atoms with Crippen LogP contribution in [0.4, 0.5) is 5.82 Å². The number of aromatic nitrogens is 4. The van der Waals surface area contributed by atoms with Crippen molar-refractivity contribution in [3.63, 3.8) is 0 Å². The van der Waals surface area contributed by atoms with E-state index >= 15 is 0 Å². The van der Waals surface area contributed by atoms with Crippen molar-refractivity contribution in [3.05, 3.63) is 23.0 Å². The van der Waals surface area contributed by atoms with Crippen LogP contribution in [0.25, 0.3) is 0 Å². The maximum atomic E-state index is 12.1. The van der Waals surface area contributed by atoms with E-state index in [4.69, 9.17) is 11.6 Å². The van der Waals surface area contributed by atoms with Crippen molar-refractivity contribution in [2.24, 2.45) is 7.05 Å². The lowest BCUT2D eigenvalue weighted by Gasteiger charge is -2.07. The van der Waals surface area contributed by atoms with E-state index in [0.29, 0.717) is 5.56 Å². The van der Waals surface area contributed by atoms with Crippen molar-refractivity contribution < 1.29 is 8.42 Å². The second-order valence-corrected chi connectivity index (χ2v) is 5.46. The molecule has 0 saturated heterocycles. The summed E-state index contributed by atoms with van der Waals surface area (Å²) < 4.78 is 27.7. The first-order valence-corrected chi connectivity index (χ1v) is 6.48. The smallest absolute Gasteiger partial charge is 0.261 e. The van der Waals surface area contributed by atoms with Gasteiger partial charge < -0.3 is 0 Å². The standard InChI is InChI=1S/C8H10ClN5O2S/c1-5-3-11-14(2)8(5)17(15,16)13-7-6(9)4-10-12-7/h3-4H,1-2H3,(H2,10,12,13). The van der Waals surface area contributed by atoms with Crippen molar-refractivity contribution in [3.8, 4) is 0 Å². The summed E-state index contributed by atoms with van der Waals surface area (Å²) >= 11 is 5.74. The average Bonchev–Trinajstić information content (AvgIpc) is 2.74. The van der Waals surface area contributed by atoms with Gasteiger partial charge in [0.25, 0.3) is 10.0 Å². The number of nitrogens with one attached hydrogen (secondary N) is 2. The second kappa shape index (κ2) is 4.04. The lowest BCUT2D eigenvalue weighted by atomic mass is 10.4. The predicted molar refractivity (Wildman–Crippen MR) is 62.4 cm³/mol. The van der Waals surface area contributed by atoms with E-state index in [1.54, 1.807) is 14.0 Å². The van der Waals surface area contributed by atoms with Gasteiger partial charge in [-0.2, -0.15) is 18.6 Å². The van der Waals surface area contributed by atoms with E-state index in [1.807, 2.05) is 0 Å². The molecule has 9 heteroatoms. The zero-order valence-corrected chi connectivity index (χ0v) is 10.7. The van der Waals surface area contributed by atoms with Crippen LogP contribution in [-0.4, -0.2) is 28.4 Å². The molecule has 92 valence electrons. The second-order valence-electron chi connectivity index (χ2n) is 3.45. The molecule has 0 fully saturated rings. The molecular formula is C8H10ClN5O2S. The van der Waals surface area contributed by atoms with Crippen molar-refractivity contribution >= 4 is 27.4 Å². The van der Waals surface area contributed by atoms with Crippen LogP contribution in [0.2, 0.25) is 5.02 Å². The summed E-state index contributed by atoms with van der Waals surface area (Å²) in [6.07, 6.45) is 2.79. The summed E-state index contributed by atoms with van der Waals surface area (Å²) in [7, 11) is -2.18. The highest BCUT2D eigenvalue weighted by molar-refractivity contribution is 7.92. The third-order valence-electron chi connectivity index (χ3n) is 2.14. The molecule has 2 heterocycles. The molecule has 2 rings (SSSR count). The Labute approximate surface area is 103 Å². The summed E-state index contributed by atoms with van der Waals surface area (Å²) in [6.45, 7) is 1.66. The Kier molecular flexibility index (Phi) is 2.84.